The number of fused-ring (bicyclic) bond motifs is 2. The summed E-state index contributed by atoms with van der Waals surface area (Å²) >= 11 is 0. The van der Waals surface area contributed by atoms with Crippen molar-refractivity contribution in [3.8, 4) is 0 Å². The number of ether oxygens (including phenoxy) is 10. The minimum absolute atomic E-state index is 0.0176. The number of hydrogen-bond acceptors (Lipinski definition) is 20. The van der Waals surface area contributed by atoms with Crippen molar-refractivity contribution in [3.05, 3.63) is 58.7 Å². The largest absolute Gasteiger partial charge is 0.379 e. The van der Waals surface area contributed by atoms with E-state index in [1.54, 1.807) is 24.3 Å². The zero-order valence-corrected chi connectivity index (χ0v) is 46.3. The predicted molar refractivity (Wildman–Crippen MR) is 289 cm³/mol. The molecule has 0 saturated carbocycles. The standard InChI is InChI=1S/C56H76N6O20/c63-45(57-41-11-7-9-39-49(41)55(71)61(53(39)69)43-15-17-47(65)59-51(43)67)13-3-1-5-19-73-21-23-75-25-27-77-29-31-79-33-35-81-37-38-82-36-34-80-32-30-78-28-26-76-24-22-74-20-6-2-4-14-46(64)58-42-12-8-10-40-50(42)56(72)62(54(40)70)44-16-18-48(66)60-52(44)68/h7-12,43-44H,1-6,13-38H2,(H,57,63)(H,58,64)(H,59,65,67)(H,60,66,68). The Balaban J connectivity index is 0.608. The third-order valence-corrected chi connectivity index (χ3v) is 13.2. The molecule has 450 valence electrons. The van der Waals surface area contributed by atoms with Gasteiger partial charge in [-0.2, -0.15) is 0 Å². The molecule has 2 unspecified atom stereocenters. The molecule has 4 aliphatic rings. The van der Waals surface area contributed by atoms with E-state index in [0.717, 1.165) is 35.5 Å². The Bertz CT molecular complexity index is 2330. The van der Waals surface area contributed by atoms with Crippen molar-refractivity contribution in [1.29, 1.82) is 0 Å². The summed E-state index contributed by atoms with van der Waals surface area (Å²) in [5.41, 5.74) is 0.697. The van der Waals surface area contributed by atoms with Crippen molar-refractivity contribution in [2.45, 2.75) is 89.1 Å². The highest BCUT2D eigenvalue weighted by molar-refractivity contribution is 6.27. The maximum Gasteiger partial charge on any atom is 0.264 e. The van der Waals surface area contributed by atoms with Crippen molar-refractivity contribution in [2.24, 2.45) is 0 Å². The second-order valence-corrected chi connectivity index (χ2v) is 19.2. The lowest BCUT2D eigenvalue weighted by Gasteiger charge is -2.27. The van der Waals surface area contributed by atoms with Gasteiger partial charge in [-0.1, -0.05) is 25.0 Å². The lowest BCUT2D eigenvalue weighted by Crippen LogP contribution is -2.54. The average Bonchev–Trinajstić information content (AvgIpc) is 4.11. The van der Waals surface area contributed by atoms with E-state index in [4.69, 9.17) is 47.4 Å². The van der Waals surface area contributed by atoms with Crippen LogP contribution in [0.4, 0.5) is 11.4 Å². The van der Waals surface area contributed by atoms with Crippen LogP contribution in [0.1, 0.15) is 118 Å². The first kappa shape index (κ1) is 64.7. The number of carbonyl (C=O) groups is 10. The van der Waals surface area contributed by atoms with Crippen LogP contribution in [0.25, 0.3) is 0 Å². The summed E-state index contributed by atoms with van der Waals surface area (Å²) in [6.07, 6.45) is 4.73. The van der Waals surface area contributed by atoms with Crippen LogP contribution in [0.5, 0.6) is 0 Å². The first-order valence-corrected chi connectivity index (χ1v) is 28.0. The van der Waals surface area contributed by atoms with Crippen molar-refractivity contribution >= 4 is 70.4 Å². The molecule has 0 spiro atoms. The van der Waals surface area contributed by atoms with Crippen LogP contribution in [-0.2, 0) is 76.1 Å². The Hall–Kier alpha value is -6.46. The second kappa shape index (κ2) is 36.2. The fourth-order valence-electron chi connectivity index (χ4n) is 9.08. The number of hydrogen-bond donors (Lipinski definition) is 4. The summed E-state index contributed by atoms with van der Waals surface area (Å²) in [7, 11) is 0. The third-order valence-electron chi connectivity index (χ3n) is 13.2. The molecule has 2 aromatic carbocycles. The van der Waals surface area contributed by atoms with E-state index >= 15 is 0 Å². The summed E-state index contributed by atoms with van der Waals surface area (Å²) in [5.74, 6) is -5.54. The second-order valence-electron chi connectivity index (χ2n) is 19.2. The van der Waals surface area contributed by atoms with E-state index in [9.17, 15) is 47.9 Å². The van der Waals surface area contributed by atoms with Crippen LogP contribution in [0.3, 0.4) is 0 Å². The average molecular weight is 1150 g/mol. The summed E-state index contributed by atoms with van der Waals surface area (Å²) < 4.78 is 55.4. The van der Waals surface area contributed by atoms with Gasteiger partial charge in [0.15, 0.2) is 0 Å². The monoisotopic (exact) mass is 1150 g/mol. The predicted octanol–water partition coefficient (Wildman–Crippen LogP) is 2.35. The topological polar surface area (TPSA) is 318 Å². The molecule has 82 heavy (non-hydrogen) atoms. The van der Waals surface area contributed by atoms with Gasteiger partial charge in [-0.05, 0) is 62.8 Å². The molecule has 2 atom stereocenters. The van der Waals surface area contributed by atoms with Crippen molar-refractivity contribution < 1.29 is 95.3 Å². The molecule has 0 aromatic heterocycles. The van der Waals surface area contributed by atoms with Gasteiger partial charge in [0.25, 0.3) is 23.6 Å². The molecule has 6 rings (SSSR count). The molecule has 4 N–H and O–H groups in total. The molecule has 4 heterocycles. The molecule has 2 fully saturated rings. The van der Waals surface area contributed by atoms with Crippen LogP contribution in [0, 0.1) is 0 Å². The maximum atomic E-state index is 13.2. The van der Waals surface area contributed by atoms with Crippen LogP contribution >= 0.6 is 0 Å². The smallest absolute Gasteiger partial charge is 0.264 e. The maximum absolute atomic E-state index is 13.2. The van der Waals surface area contributed by atoms with E-state index in [0.29, 0.717) is 145 Å². The van der Waals surface area contributed by atoms with Crippen molar-refractivity contribution in [1.82, 2.24) is 20.4 Å². The molecular weight excluding hydrogens is 1080 g/mol. The molecule has 0 bridgehead atoms. The first-order valence-electron chi connectivity index (χ1n) is 28.0. The summed E-state index contributed by atoms with van der Waals surface area (Å²) in [6, 6.07) is 6.99. The fraction of sp³-hybridized carbons (Fsp3) is 0.607. The van der Waals surface area contributed by atoms with Gasteiger partial charge in [-0.25, -0.2) is 0 Å². The number of imide groups is 4. The van der Waals surface area contributed by atoms with Gasteiger partial charge < -0.3 is 58.0 Å². The third kappa shape index (κ3) is 20.8. The van der Waals surface area contributed by atoms with Gasteiger partial charge in [-0.3, -0.25) is 68.4 Å². The number of nitrogens with zero attached hydrogens (tertiary/aromatic N) is 2. The number of piperidine rings is 2. The Labute approximate surface area is 475 Å². The van der Waals surface area contributed by atoms with E-state index in [2.05, 4.69) is 21.3 Å². The molecule has 2 saturated heterocycles. The lowest BCUT2D eigenvalue weighted by molar-refractivity contribution is -0.137. The SMILES string of the molecule is O=C1CCC(N2C(=O)c3cccc(NC(=O)CCCCCOCCOCCOCCOCCOCCOCCOCCOCCOCCOCCCCCC(=O)Nc4cccc5c4C(=O)N(C4CCC(=O)NC4=O)C5=O)c3C2=O)C(=O)N1. The van der Waals surface area contributed by atoms with Gasteiger partial charge in [-0.15, -0.1) is 0 Å². The fourth-order valence-corrected chi connectivity index (χ4v) is 9.08. The van der Waals surface area contributed by atoms with E-state index < -0.39 is 59.3 Å². The molecule has 26 heteroatoms. The molecule has 26 nitrogen and oxygen atoms in total. The highest BCUT2D eigenvalue weighted by atomic mass is 16.6. The lowest BCUT2D eigenvalue weighted by atomic mass is 10.0. The van der Waals surface area contributed by atoms with Gasteiger partial charge in [0.2, 0.25) is 35.4 Å². The van der Waals surface area contributed by atoms with Gasteiger partial charge >= 0.3 is 0 Å². The first-order chi connectivity index (χ1) is 40.0. The molecule has 2 aromatic rings. The minimum Gasteiger partial charge on any atom is -0.379 e. The van der Waals surface area contributed by atoms with Crippen LogP contribution in [0.15, 0.2) is 36.4 Å². The van der Waals surface area contributed by atoms with E-state index in [1.165, 1.54) is 12.1 Å². The number of rotatable bonds is 43. The molecule has 0 aliphatic carbocycles. The van der Waals surface area contributed by atoms with Gasteiger partial charge in [0, 0.05) is 38.9 Å². The number of benzene rings is 2. The molecule has 10 amide bonds. The molecular formula is C56H76N6O20. The van der Waals surface area contributed by atoms with Crippen LogP contribution in [-0.4, -0.2) is 213 Å². The number of unbranched alkanes of at least 4 members (excludes halogenated alkanes) is 4. The number of amides is 10. The van der Waals surface area contributed by atoms with Crippen LogP contribution < -0.4 is 21.3 Å². The number of nitrogens with one attached hydrogen (secondary N) is 4. The highest BCUT2D eigenvalue weighted by Gasteiger charge is 2.47. The number of carbonyl (C=O) groups excluding carboxylic acids is 10. The normalized spacial score (nSPS) is 16.9. The summed E-state index contributed by atoms with van der Waals surface area (Å²) in [5, 5.41) is 9.80. The Morgan fingerprint density at radius 1 is 0.390 bits per heavy atom. The van der Waals surface area contributed by atoms with Gasteiger partial charge in [0.05, 0.1) is 153 Å². The summed E-state index contributed by atoms with van der Waals surface area (Å²) in [4.78, 5) is 127. The number of anilines is 2. The van der Waals surface area contributed by atoms with E-state index in [1.807, 2.05) is 0 Å². The van der Waals surface area contributed by atoms with Gasteiger partial charge in [0.1, 0.15) is 12.1 Å². The zero-order valence-electron chi connectivity index (χ0n) is 46.3. The molecule has 0 radical (unpaired) electrons. The molecule has 4 aliphatic heterocycles. The zero-order chi connectivity index (χ0) is 58.3. The van der Waals surface area contributed by atoms with Crippen molar-refractivity contribution in [3.63, 3.8) is 0 Å². The Kier molecular flexibility index (Phi) is 28.6. The van der Waals surface area contributed by atoms with E-state index in [-0.39, 0.29) is 84.0 Å². The minimum atomic E-state index is -1.09. The van der Waals surface area contributed by atoms with Crippen LogP contribution in [0.2, 0.25) is 0 Å². The Morgan fingerprint density at radius 2 is 0.683 bits per heavy atom. The Morgan fingerprint density at radius 3 is 0.976 bits per heavy atom. The summed E-state index contributed by atoms with van der Waals surface area (Å²) in [6.45, 7) is 8.78. The quantitative estimate of drug-likeness (QED) is 0.0547. The van der Waals surface area contributed by atoms with Crippen molar-refractivity contribution in [2.75, 3.05) is 143 Å². The highest BCUT2D eigenvalue weighted by Crippen LogP contribution is 2.34.